The molecule has 2 N–H and O–H groups in total. The number of carboxylic acid groups (broad SMARTS) is 1. The van der Waals surface area contributed by atoms with Crippen LogP contribution in [0.1, 0.15) is 19.8 Å². The molecule has 19 heavy (non-hydrogen) atoms. The molecule has 0 aliphatic heterocycles. The fourth-order valence-corrected chi connectivity index (χ4v) is 1.63. The number of carbonyl (C=O) groups is 2. The molecule has 1 atom stereocenters. The smallest absolute Gasteiger partial charge is 0.326 e. The summed E-state index contributed by atoms with van der Waals surface area (Å²) in [7, 11) is 1.39. The van der Waals surface area contributed by atoms with Crippen molar-refractivity contribution in [2.24, 2.45) is 0 Å². The Hall–Kier alpha value is -2.11. The first-order valence-corrected chi connectivity index (χ1v) is 5.99. The molecule has 0 unspecified atom stereocenters. The molecule has 0 aromatic heterocycles. The first-order chi connectivity index (χ1) is 8.97. The molecule has 6 heteroatoms. The van der Waals surface area contributed by atoms with Gasteiger partial charge in [0.15, 0.2) is 0 Å². The molecular weight excluding hydrogens is 251 g/mol. The van der Waals surface area contributed by atoms with Gasteiger partial charge in [0, 0.05) is 7.05 Å². The van der Waals surface area contributed by atoms with Crippen molar-refractivity contribution in [3.63, 3.8) is 0 Å². The van der Waals surface area contributed by atoms with Crippen molar-refractivity contribution in [1.82, 2.24) is 5.32 Å². The number of nitrogens with zero attached hydrogens (tertiary/aromatic N) is 1. The van der Waals surface area contributed by atoms with E-state index in [9.17, 15) is 14.0 Å². The molecule has 1 aromatic carbocycles. The highest BCUT2D eigenvalue weighted by molar-refractivity contribution is 5.94. The van der Waals surface area contributed by atoms with Gasteiger partial charge in [-0.2, -0.15) is 0 Å². The van der Waals surface area contributed by atoms with Crippen molar-refractivity contribution in [3.05, 3.63) is 30.1 Å². The molecule has 1 aromatic rings. The lowest BCUT2D eigenvalue weighted by Gasteiger charge is -2.21. The zero-order valence-electron chi connectivity index (χ0n) is 10.9. The van der Waals surface area contributed by atoms with E-state index in [1.54, 1.807) is 6.07 Å². The maximum Gasteiger partial charge on any atom is 0.326 e. The Kier molecular flexibility index (Phi) is 5.29. The molecule has 0 radical (unpaired) electrons. The van der Waals surface area contributed by atoms with Gasteiger partial charge in [-0.1, -0.05) is 25.5 Å². The predicted octanol–water partition coefficient (Wildman–Crippen LogP) is 2.22. The van der Waals surface area contributed by atoms with E-state index in [4.69, 9.17) is 5.11 Å². The summed E-state index contributed by atoms with van der Waals surface area (Å²) in [5.41, 5.74) is 0.0978. The maximum absolute atomic E-state index is 13.5. The number of hydrogen-bond donors (Lipinski definition) is 2. The number of aliphatic carboxylic acids is 1. The van der Waals surface area contributed by atoms with Crippen LogP contribution in [0, 0.1) is 5.82 Å². The quantitative estimate of drug-likeness (QED) is 0.860. The molecule has 2 amide bonds. The predicted molar refractivity (Wildman–Crippen MR) is 69.7 cm³/mol. The standard InChI is InChI=1S/C13H17FN2O3/c1-3-6-10(12(17)18)15-13(19)16(2)11-8-5-4-7-9(11)14/h4-5,7-8,10H,3,6H2,1-2H3,(H,15,19)(H,17,18)/t10-/m1/s1. The number of carbonyl (C=O) groups excluding carboxylic acids is 1. The third kappa shape index (κ3) is 3.94. The van der Waals surface area contributed by atoms with Crippen molar-refractivity contribution in [3.8, 4) is 0 Å². The zero-order valence-corrected chi connectivity index (χ0v) is 10.9. The molecule has 0 aliphatic rings. The Morgan fingerprint density at radius 2 is 2.05 bits per heavy atom. The Morgan fingerprint density at radius 1 is 1.42 bits per heavy atom. The number of benzene rings is 1. The van der Waals surface area contributed by atoms with Gasteiger partial charge in [-0.25, -0.2) is 14.0 Å². The van der Waals surface area contributed by atoms with Gasteiger partial charge >= 0.3 is 12.0 Å². The number of halogens is 1. The molecule has 0 heterocycles. The van der Waals surface area contributed by atoms with E-state index in [-0.39, 0.29) is 5.69 Å². The molecule has 0 saturated heterocycles. The number of para-hydroxylation sites is 1. The summed E-state index contributed by atoms with van der Waals surface area (Å²) in [5.74, 6) is -1.64. The van der Waals surface area contributed by atoms with Gasteiger partial charge in [0.1, 0.15) is 11.9 Å². The second-order valence-corrected chi connectivity index (χ2v) is 4.14. The minimum absolute atomic E-state index is 0.0978. The van der Waals surface area contributed by atoms with E-state index < -0.39 is 23.9 Å². The van der Waals surface area contributed by atoms with Crippen LogP contribution in [0.25, 0.3) is 0 Å². The summed E-state index contributed by atoms with van der Waals surface area (Å²) in [6.07, 6.45) is 0.951. The van der Waals surface area contributed by atoms with Gasteiger partial charge < -0.3 is 10.4 Å². The molecule has 0 spiro atoms. The largest absolute Gasteiger partial charge is 0.480 e. The molecule has 1 rings (SSSR count). The van der Waals surface area contributed by atoms with Crippen molar-refractivity contribution in [2.75, 3.05) is 11.9 Å². The van der Waals surface area contributed by atoms with Crippen molar-refractivity contribution in [1.29, 1.82) is 0 Å². The van der Waals surface area contributed by atoms with Gasteiger partial charge in [0.2, 0.25) is 0 Å². The Labute approximate surface area is 111 Å². The van der Waals surface area contributed by atoms with E-state index in [0.29, 0.717) is 12.8 Å². The zero-order chi connectivity index (χ0) is 14.4. The molecule has 0 fully saturated rings. The van der Waals surface area contributed by atoms with Crippen LogP contribution in [-0.2, 0) is 4.79 Å². The number of amides is 2. The van der Waals surface area contributed by atoms with Gasteiger partial charge in [0.25, 0.3) is 0 Å². The monoisotopic (exact) mass is 268 g/mol. The highest BCUT2D eigenvalue weighted by Gasteiger charge is 2.22. The number of hydrogen-bond acceptors (Lipinski definition) is 2. The SMILES string of the molecule is CCC[C@@H](NC(=O)N(C)c1ccccc1F)C(=O)O. The lowest BCUT2D eigenvalue weighted by molar-refractivity contribution is -0.139. The highest BCUT2D eigenvalue weighted by Crippen LogP contribution is 2.17. The topological polar surface area (TPSA) is 69.6 Å². The van der Waals surface area contributed by atoms with Crippen LogP contribution >= 0.6 is 0 Å². The number of nitrogens with one attached hydrogen (secondary N) is 1. The van der Waals surface area contributed by atoms with Crippen LogP contribution in [0.5, 0.6) is 0 Å². The van der Waals surface area contributed by atoms with Gasteiger partial charge in [-0.15, -0.1) is 0 Å². The summed E-state index contributed by atoms with van der Waals surface area (Å²) >= 11 is 0. The van der Waals surface area contributed by atoms with Gasteiger partial charge in [-0.05, 0) is 18.6 Å². The number of urea groups is 1. The van der Waals surface area contributed by atoms with Crippen molar-refractivity contribution in [2.45, 2.75) is 25.8 Å². The molecule has 104 valence electrons. The lowest BCUT2D eigenvalue weighted by atomic mass is 10.2. The fraction of sp³-hybridized carbons (Fsp3) is 0.385. The van der Waals surface area contributed by atoms with Gasteiger partial charge in [0.05, 0.1) is 5.69 Å². The molecule has 0 bridgehead atoms. The van der Waals surface area contributed by atoms with Crippen LogP contribution in [0.3, 0.4) is 0 Å². The van der Waals surface area contributed by atoms with Crippen LogP contribution in [0.2, 0.25) is 0 Å². The first kappa shape index (κ1) is 14.9. The molecular formula is C13H17FN2O3. The second-order valence-electron chi connectivity index (χ2n) is 4.14. The summed E-state index contributed by atoms with van der Waals surface area (Å²) < 4.78 is 13.5. The molecule has 0 saturated carbocycles. The van der Waals surface area contributed by atoms with Crippen LogP contribution < -0.4 is 10.2 Å². The third-order valence-electron chi connectivity index (χ3n) is 2.69. The Balaban J connectivity index is 2.77. The van der Waals surface area contributed by atoms with E-state index in [0.717, 1.165) is 4.90 Å². The Morgan fingerprint density at radius 3 is 2.58 bits per heavy atom. The summed E-state index contributed by atoms with van der Waals surface area (Å²) in [4.78, 5) is 23.9. The lowest BCUT2D eigenvalue weighted by Crippen LogP contribution is -2.47. The van der Waals surface area contributed by atoms with E-state index >= 15 is 0 Å². The average molecular weight is 268 g/mol. The van der Waals surface area contributed by atoms with E-state index in [2.05, 4.69) is 5.32 Å². The normalized spacial score (nSPS) is 11.7. The third-order valence-corrected chi connectivity index (χ3v) is 2.69. The second kappa shape index (κ2) is 6.72. The highest BCUT2D eigenvalue weighted by atomic mass is 19.1. The van der Waals surface area contributed by atoms with Crippen molar-refractivity contribution >= 4 is 17.7 Å². The number of rotatable bonds is 5. The molecule has 5 nitrogen and oxygen atoms in total. The Bertz CT molecular complexity index is 465. The molecule has 0 aliphatic carbocycles. The van der Waals surface area contributed by atoms with E-state index in [1.165, 1.54) is 25.2 Å². The summed E-state index contributed by atoms with van der Waals surface area (Å²) in [5, 5.41) is 11.3. The maximum atomic E-state index is 13.5. The number of carboxylic acids is 1. The minimum Gasteiger partial charge on any atom is -0.480 e. The first-order valence-electron chi connectivity index (χ1n) is 5.99. The van der Waals surface area contributed by atoms with Crippen LogP contribution in [-0.4, -0.2) is 30.2 Å². The van der Waals surface area contributed by atoms with Crippen molar-refractivity contribution < 1.29 is 19.1 Å². The number of anilines is 1. The average Bonchev–Trinajstić information content (AvgIpc) is 2.37. The summed E-state index contributed by atoms with van der Waals surface area (Å²) in [6.45, 7) is 1.82. The summed E-state index contributed by atoms with van der Waals surface area (Å²) in [6, 6.07) is 4.19. The van der Waals surface area contributed by atoms with E-state index in [1.807, 2.05) is 6.92 Å². The van der Waals surface area contributed by atoms with Gasteiger partial charge in [-0.3, -0.25) is 4.90 Å². The van der Waals surface area contributed by atoms with Crippen LogP contribution in [0.4, 0.5) is 14.9 Å². The fourth-order valence-electron chi connectivity index (χ4n) is 1.63. The minimum atomic E-state index is -1.10. The van der Waals surface area contributed by atoms with Crippen LogP contribution in [0.15, 0.2) is 24.3 Å².